The standard InChI is InChI=1S/C23H41O12P/c1-8-10-11-12-13-32-36(28,9-2)35-19(6)23(27)34-18(5)21(25)31-15-14-30-20(24)17(4)33-22(26)16(3)29-7/h16-19H,8-15H2,1-7H3/t16-,17-,18+,19+,36+/m1/s1. The van der Waals surface area contributed by atoms with Crippen molar-refractivity contribution in [3.8, 4) is 0 Å². The molecule has 13 heteroatoms. The number of ether oxygens (including phenoxy) is 5. The second-order valence-electron chi connectivity index (χ2n) is 7.94. The molecule has 0 aliphatic rings. The molecule has 0 fully saturated rings. The van der Waals surface area contributed by atoms with Gasteiger partial charge in [0.15, 0.2) is 24.4 Å². The van der Waals surface area contributed by atoms with Gasteiger partial charge in [-0.05, 0) is 34.1 Å². The van der Waals surface area contributed by atoms with Gasteiger partial charge < -0.3 is 28.2 Å². The van der Waals surface area contributed by atoms with Gasteiger partial charge in [-0.3, -0.25) is 9.09 Å². The molecule has 0 bridgehead atoms. The number of hydrogen-bond acceptors (Lipinski definition) is 12. The topological polar surface area (TPSA) is 150 Å². The average molecular weight is 541 g/mol. The summed E-state index contributed by atoms with van der Waals surface area (Å²) in [5.41, 5.74) is 0. The molecule has 0 heterocycles. The molecule has 5 atom stereocenters. The van der Waals surface area contributed by atoms with E-state index in [1.807, 2.05) is 0 Å². The van der Waals surface area contributed by atoms with Crippen LogP contribution in [0.2, 0.25) is 0 Å². The first-order chi connectivity index (χ1) is 16.9. The lowest BCUT2D eigenvalue weighted by Crippen LogP contribution is -2.33. The first-order valence-electron chi connectivity index (χ1n) is 12.1. The van der Waals surface area contributed by atoms with Gasteiger partial charge in [0.2, 0.25) is 0 Å². The summed E-state index contributed by atoms with van der Waals surface area (Å²) in [6, 6.07) is 0. The number of methoxy groups -OCH3 is 1. The van der Waals surface area contributed by atoms with Gasteiger partial charge in [-0.1, -0.05) is 33.1 Å². The van der Waals surface area contributed by atoms with Crippen LogP contribution in [0.3, 0.4) is 0 Å². The van der Waals surface area contributed by atoms with Crippen LogP contribution in [-0.4, -0.2) is 81.4 Å². The minimum Gasteiger partial charge on any atom is -0.459 e. The lowest BCUT2D eigenvalue weighted by Gasteiger charge is -2.21. The zero-order valence-electron chi connectivity index (χ0n) is 22.3. The summed E-state index contributed by atoms with van der Waals surface area (Å²) in [6.45, 7) is 8.78. The second-order valence-corrected chi connectivity index (χ2v) is 10.3. The molecule has 0 saturated carbocycles. The van der Waals surface area contributed by atoms with E-state index in [1.165, 1.54) is 34.8 Å². The smallest absolute Gasteiger partial charge is 0.347 e. The van der Waals surface area contributed by atoms with Crippen molar-refractivity contribution in [1.29, 1.82) is 0 Å². The maximum atomic E-state index is 12.7. The van der Waals surface area contributed by atoms with Gasteiger partial charge in [0.1, 0.15) is 13.2 Å². The Morgan fingerprint density at radius 3 is 1.61 bits per heavy atom. The molecule has 0 aromatic heterocycles. The van der Waals surface area contributed by atoms with E-state index >= 15 is 0 Å². The zero-order valence-corrected chi connectivity index (χ0v) is 23.2. The number of unbranched alkanes of at least 4 members (excludes halogenated alkanes) is 3. The van der Waals surface area contributed by atoms with Gasteiger partial charge in [-0.25, -0.2) is 19.2 Å². The molecule has 0 aliphatic heterocycles. The third kappa shape index (κ3) is 13.9. The molecule has 0 aliphatic carbocycles. The van der Waals surface area contributed by atoms with E-state index in [0.717, 1.165) is 25.7 Å². The Balaban J connectivity index is 4.39. The fourth-order valence-electron chi connectivity index (χ4n) is 2.46. The van der Waals surface area contributed by atoms with Gasteiger partial charge >= 0.3 is 31.5 Å². The van der Waals surface area contributed by atoms with E-state index in [4.69, 9.17) is 32.7 Å². The van der Waals surface area contributed by atoms with E-state index < -0.39 is 55.9 Å². The van der Waals surface area contributed by atoms with Crippen LogP contribution in [0, 0.1) is 0 Å². The van der Waals surface area contributed by atoms with Crippen LogP contribution in [0.1, 0.15) is 67.2 Å². The highest BCUT2D eigenvalue weighted by Gasteiger charge is 2.31. The lowest BCUT2D eigenvalue weighted by molar-refractivity contribution is -0.176. The molecule has 0 N–H and O–H groups in total. The molecule has 12 nitrogen and oxygen atoms in total. The molecule has 0 saturated heterocycles. The summed E-state index contributed by atoms with van der Waals surface area (Å²) in [6.07, 6.45) is -0.672. The van der Waals surface area contributed by atoms with Crippen molar-refractivity contribution in [3.05, 3.63) is 0 Å². The first kappa shape index (κ1) is 34.0. The van der Waals surface area contributed by atoms with Crippen molar-refractivity contribution < 1.29 is 56.5 Å². The van der Waals surface area contributed by atoms with Crippen molar-refractivity contribution in [2.45, 2.75) is 91.6 Å². The summed E-state index contributed by atoms with van der Waals surface area (Å²) in [5.74, 6) is -3.35. The van der Waals surface area contributed by atoms with Crippen molar-refractivity contribution in [2.75, 3.05) is 33.1 Å². The Bertz CT molecular complexity index is 741. The third-order valence-electron chi connectivity index (χ3n) is 4.83. The molecule has 0 unspecified atom stereocenters. The molecular formula is C23H41O12P. The molecule has 0 aromatic rings. The average Bonchev–Trinajstić information content (AvgIpc) is 2.85. The molecule has 0 radical (unpaired) electrons. The molecular weight excluding hydrogens is 499 g/mol. The number of esters is 4. The number of rotatable bonds is 19. The van der Waals surface area contributed by atoms with Gasteiger partial charge in [0.25, 0.3) is 0 Å². The van der Waals surface area contributed by atoms with E-state index in [0.29, 0.717) is 0 Å². The third-order valence-corrected chi connectivity index (χ3v) is 6.82. The maximum Gasteiger partial charge on any atom is 0.347 e. The second kappa shape index (κ2) is 18.3. The highest BCUT2D eigenvalue weighted by molar-refractivity contribution is 7.53. The molecule has 0 aromatic carbocycles. The molecule has 210 valence electrons. The monoisotopic (exact) mass is 540 g/mol. The fourth-order valence-corrected chi connectivity index (χ4v) is 3.83. The molecule has 36 heavy (non-hydrogen) atoms. The minimum atomic E-state index is -3.49. The Kier molecular flexibility index (Phi) is 17.2. The van der Waals surface area contributed by atoms with Gasteiger partial charge in [-0.2, -0.15) is 0 Å². The quantitative estimate of drug-likeness (QED) is 0.102. The molecule has 0 amide bonds. The summed E-state index contributed by atoms with van der Waals surface area (Å²) in [7, 11) is -2.16. The lowest BCUT2D eigenvalue weighted by atomic mass is 10.2. The van der Waals surface area contributed by atoms with Crippen molar-refractivity contribution in [3.63, 3.8) is 0 Å². The zero-order chi connectivity index (χ0) is 27.7. The fraction of sp³-hybridized carbons (Fsp3) is 0.826. The number of carbonyl (C=O) groups is 4. The maximum absolute atomic E-state index is 12.7. The van der Waals surface area contributed by atoms with Crippen molar-refractivity contribution >= 4 is 31.5 Å². The van der Waals surface area contributed by atoms with Gasteiger partial charge in [0.05, 0.1) is 6.61 Å². The largest absolute Gasteiger partial charge is 0.459 e. The van der Waals surface area contributed by atoms with E-state index in [2.05, 4.69) is 6.92 Å². The van der Waals surface area contributed by atoms with Crippen LogP contribution in [-0.2, 0) is 56.5 Å². The summed E-state index contributed by atoms with van der Waals surface area (Å²) >= 11 is 0. The molecule has 0 rings (SSSR count). The van der Waals surface area contributed by atoms with Crippen LogP contribution < -0.4 is 0 Å². The van der Waals surface area contributed by atoms with E-state index in [9.17, 15) is 23.7 Å². The van der Waals surface area contributed by atoms with Gasteiger partial charge in [-0.15, -0.1) is 0 Å². The Morgan fingerprint density at radius 2 is 1.17 bits per heavy atom. The van der Waals surface area contributed by atoms with Crippen LogP contribution in [0.5, 0.6) is 0 Å². The summed E-state index contributed by atoms with van der Waals surface area (Å²) in [4.78, 5) is 47.8. The first-order valence-corrected chi connectivity index (χ1v) is 13.8. The van der Waals surface area contributed by atoms with Crippen LogP contribution in [0.25, 0.3) is 0 Å². The number of hydrogen-bond donors (Lipinski definition) is 0. The Hall–Kier alpha value is -2.01. The van der Waals surface area contributed by atoms with Crippen LogP contribution in [0.15, 0.2) is 0 Å². The van der Waals surface area contributed by atoms with E-state index in [-0.39, 0.29) is 26.0 Å². The minimum absolute atomic E-state index is 0.0813. The van der Waals surface area contributed by atoms with Crippen LogP contribution >= 0.6 is 7.60 Å². The highest BCUT2D eigenvalue weighted by Crippen LogP contribution is 2.49. The predicted octanol–water partition coefficient (Wildman–Crippen LogP) is 3.19. The molecule has 0 spiro atoms. The highest BCUT2D eigenvalue weighted by atomic mass is 31.2. The SMILES string of the molecule is CCCCCCO[P@@](=O)(CC)O[C@@H](C)C(=O)O[C@@H](C)C(=O)OCCOC(=O)[C@@H](C)OC(=O)[C@@H](C)OC. The van der Waals surface area contributed by atoms with Crippen molar-refractivity contribution in [2.24, 2.45) is 0 Å². The van der Waals surface area contributed by atoms with Crippen molar-refractivity contribution in [1.82, 2.24) is 0 Å². The van der Waals surface area contributed by atoms with Crippen LogP contribution in [0.4, 0.5) is 0 Å². The Morgan fingerprint density at radius 1 is 0.667 bits per heavy atom. The normalized spacial score (nSPS) is 16.1. The summed E-state index contributed by atoms with van der Waals surface area (Å²) < 4.78 is 47.9. The summed E-state index contributed by atoms with van der Waals surface area (Å²) in [5, 5.41) is 0. The van der Waals surface area contributed by atoms with E-state index in [1.54, 1.807) is 6.92 Å². The van der Waals surface area contributed by atoms with Gasteiger partial charge in [0, 0.05) is 13.3 Å². The Labute approximate surface area is 213 Å². The predicted molar refractivity (Wildman–Crippen MR) is 128 cm³/mol. The number of carbonyl (C=O) groups excluding carboxylic acids is 4.